The van der Waals surface area contributed by atoms with Gasteiger partial charge < -0.3 is 14.8 Å². The number of aromatic nitrogens is 1. The van der Waals surface area contributed by atoms with Crippen LogP contribution in [-0.4, -0.2) is 67.1 Å². The molecule has 0 aromatic carbocycles. The van der Waals surface area contributed by atoms with E-state index in [1.807, 2.05) is 42.7 Å². The van der Waals surface area contributed by atoms with E-state index in [2.05, 4.69) is 10.3 Å². The molecular formula is C16H28ClN5O2S. The first-order valence-corrected chi connectivity index (χ1v) is 10.7. The third kappa shape index (κ3) is 5.36. The molecular weight excluding hydrogens is 362 g/mol. The monoisotopic (exact) mass is 389 g/mol. The van der Waals surface area contributed by atoms with Crippen molar-refractivity contribution in [2.75, 3.05) is 32.9 Å². The Hall–Kier alpha value is -1.25. The van der Waals surface area contributed by atoms with Crippen molar-refractivity contribution in [1.82, 2.24) is 19.1 Å². The van der Waals surface area contributed by atoms with Crippen LogP contribution < -0.4 is 5.32 Å². The van der Waals surface area contributed by atoms with Crippen molar-refractivity contribution in [2.45, 2.75) is 32.4 Å². The largest absolute Gasteiger partial charge is 0.357 e. The predicted molar refractivity (Wildman–Crippen MR) is 102 cm³/mol. The van der Waals surface area contributed by atoms with Crippen LogP contribution in [0.25, 0.3) is 0 Å². The average molecular weight is 390 g/mol. The molecule has 1 aromatic heterocycles. The lowest BCUT2D eigenvalue weighted by Crippen LogP contribution is -2.41. The molecule has 2 heterocycles. The molecule has 25 heavy (non-hydrogen) atoms. The zero-order chi connectivity index (χ0) is 18.6. The Morgan fingerprint density at radius 3 is 2.80 bits per heavy atom. The Morgan fingerprint density at radius 1 is 1.52 bits per heavy atom. The van der Waals surface area contributed by atoms with Crippen LogP contribution in [0.4, 0.5) is 0 Å². The molecule has 142 valence electrons. The van der Waals surface area contributed by atoms with Gasteiger partial charge in [0, 0.05) is 45.1 Å². The third-order valence-corrected chi connectivity index (χ3v) is 5.91. The van der Waals surface area contributed by atoms with E-state index in [4.69, 9.17) is 11.6 Å². The number of guanidine groups is 1. The van der Waals surface area contributed by atoms with Crippen LogP contribution in [0.1, 0.15) is 25.5 Å². The number of sulfonamides is 1. The number of halogens is 1. The van der Waals surface area contributed by atoms with E-state index in [1.165, 1.54) is 6.26 Å². The molecule has 0 radical (unpaired) electrons. The molecule has 1 saturated heterocycles. The van der Waals surface area contributed by atoms with E-state index in [-0.39, 0.29) is 6.04 Å². The van der Waals surface area contributed by atoms with Crippen LogP contribution >= 0.6 is 11.6 Å². The van der Waals surface area contributed by atoms with E-state index < -0.39 is 10.0 Å². The molecule has 0 saturated carbocycles. The fourth-order valence-electron chi connectivity index (χ4n) is 3.13. The van der Waals surface area contributed by atoms with Crippen LogP contribution in [0.2, 0.25) is 5.02 Å². The lowest BCUT2D eigenvalue weighted by atomic mass is 10.2. The molecule has 0 spiro atoms. The van der Waals surface area contributed by atoms with Crippen LogP contribution in [0.15, 0.2) is 17.3 Å². The minimum atomic E-state index is -3.17. The van der Waals surface area contributed by atoms with Gasteiger partial charge in [-0.1, -0.05) is 11.6 Å². The third-order valence-electron chi connectivity index (χ3n) is 4.37. The normalized spacial score (nSPS) is 19.4. The van der Waals surface area contributed by atoms with E-state index >= 15 is 0 Å². The van der Waals surface area contributed by atoms with Crippen molar-refractivity contribution in [2.24, 2.45) is 12.0 Å². The summed E-state index contributed by atoms with van der Waals surface area (Å²) in [6.07, 6.45) is 4.89. The van der Waals surface area contributed by atoms with E-state index in [0.717, 1.165) is 31.0 Å². The van der Waals surface area contributed by atoms with Crippen molar-refractivity contribution in [3.05, 3.63) is 23.0 Å². The Morgan fingerprint density at radius 2 is 2.24 bits per heavy atom. The lowest BCUT2D eigenvalue weighted by molar-refractivity contribution is 0.393. The molecule has 1 aromatic rings. The van der Waals surface area contributed by atoms with Gasteiger partial charge in [-0.15, -0.1) is 0 Å². The van der Waals surface area contributed by atoms with Gasteiger partial charge >= 0.3 is 0 Å². The quantitative estimate of drug-likeness (QED) is 0.591. The zero-order valence-corrected chi connectivity index (χ0v) is 16.9. The lowest BCUT2D eigenvalue weighted by Gasteiger charge is -2.24. The number of rotatable bonds is 6. The van der Waals surface area contributed by atoms with Gasteiger partial charge in [-0.25, -0.2) is 8.42 Å². The first-order valence-electron chi connectivity index (χ1n) is 8.49. The molecule has 2 rings (SSSR count). The second-order valence-corrected chi connectivity index (χ2v) is 8.85. The van der Waals surface area contributed by atoms with Crippen molar-refractivity contribution in [1.29, 1.82) is 0 Å². The number of hydrogen-bond donors (Lipinski definition) is 1. The summed E-state index contributed by atoms with van der Waals surface area (Å²) in [5, 5.41) is 3.98. The van der Waals surface area contributed by atoms with Gasteiger partial charge in [-0.2, -0.15) is 4.31 Å². The summed E-state index contributed by atoms with van der Waals surface area (Å²) < 4.78 is 27.3. The maximum Gasteiger partial charge on any atom is 0.211 e. The molecule has 0 amide bonds. The fraction of sp³-hybridized carbons (Fsp3) is 0.688. The SMILES string of the molecule is CCNC(=NC[C@H]1CCCN1S(C)(=O)=O)N(C)Cc1cc(Cl)cn1C. The Kier molecular flexibility index (Phi) is 6.76. The number of aryl methyl sites for hydroxylation is 1. The Bertz CT molecular complexity index is 716. The van der Waals surface area contributed by atoms with Crippen molar-refractivity contribution < 1.29 is 8.42 Å². The highest BCUT2D eigenvalue weighted by Gasteiger charge is 2.31. The highest BCUT2D eigenvalue weighted by Crippen LogP contribution is 2.20. The van der Waals surface area contributed by atoms with Gasteiger partial charge in [-0.3, -0.25) is 4.99 Å². The van der Waals surface area contributed by atoms with Crippen molar-refractivity contribution in [3.8, 4) is 0 Å². The maximum absolute atomic E-state index is 11.9. The molecule has 7 nitrogen and oxygen atoms in total. The topological polar surface area (TPSA) is 69.9 Å². The van der Waals surface area contributed by atoms with Gasteiger partial charge in [0.05, 0.1) is 24.4 Å². The number of nitrogens with one attached hydrogen (secondary N) is 1. The smallest absolute Gasteiger partial charge is 0.211 e. The van der Waals surface area contributed by atoms with Gasteiger partial charge in [-0.05, 0) is 25.8 Å². The van der Waals surface area contributed by atoms with Crippen molar-refractivity contribution in [3.63, 3.8) is 0 Å². The molecule has 0 unspecified atom stereocenters. The van der Waals surface area contributed by atoms with Gasteiger partial charge in [0.2, 0.25) is 10.0 Å². The summed E-state index contributed by atoms with van der Waals surface area (Å²) in [6.45, 7) is 4.48. The molecule has 9 heteroatoms. The fourth-order valence-corrected chi connectivity index (χ4v) is 4.58. The minimum Gasteiger partial charge on any atom is -0.357 e. The second-order valence-electron chi connectivity index (χ2n) is 6.48. The Labute approximate surface area is 155 Å². The maximum atomic E-state index is 11.9. The average Bonchev–Trinajstić information content (AvgIpc) is 3.10. The molecule has 0 aliphatic carbocycles. The number of aliphatic imine (C=N–C) groups is 1. The molecule has 1 atom stereocenters. The minimum absolute atomic E-state index is 0.0541. The molecule has 1 fully saturated rings. The van der Waals surface area contributed by atoms with Crippen LogP contribution in [-0.2, 0) is 23.6 Å². The van der Waals surface area contributed by atoms with Crippen LogP contribution in [0.3, 0.4) is 0 Å². The standard InChI is InChI=1S/C16H28ClN5O2S/c1-5-18-16(21(3)12-15-9-13(17)11-20(15)2)19-10-14-7-6-8-22(14)25(4,23)24/h9,11,14H,5-8,10,12H2,1-4H3,(H,18,19)/t14-/m1/s1. The number of hydrogen-bond acceptors (Lipinski definition) is 3. The molecule has 1 aliphatic rings. The summed E-state index contributed by atoms with van der Waals surface area (Å²) in [6, 6.07) is 1.88. The van der Waals surface area contributed by atoms with Gasteiger partial charge in [0.1, 0.15) is 0 Å². The summed E-state index contributed by atoms with van der Waals surface area (Å²) in [4.78, 5) is 6.70. The molecule has 1 N–H and O–H groups in total. The summed E-state index contributed by atoms with van der Waals surface area (Å²) >= 11 is 6.05. The van der Waals surface area contributed by atoms with E-state index in [0.29, 0.717) is 24.7 Å². The van der Waals surface area contributed by atoms with Crippen LogP contribution in [0.5, 0.6) is 0 Å². The van der Waals surface area contributed by atoms with E-state index in [1.54, 1.807) is 4.31 Å². The van der Waals surface area contributed by atoms with Gasteiger partial charge in [0.25, 0.3) is 0 Å². The second kappa shape index (κ2) is 8.42. The van der Waals surface area contributed by atoms with Crippen molar-refractivity contribution >= 4 is 27.6 Å². The first kappa shape index (κ1) is 20.1. The first-order chi connectivity index (χ1) is 11.7. The van der Waals surface area contributed by atoms with Crippen LogP contribution in [0, 0.1) is 0 Å². The number of nitrogens with zero attached hydrogens (tertiary/aromatic N) is 4. The Balaban J connectivity index is 2.08. The molecule has 1 aliphatic heterocycles. The summed E-state index contributed by atoms with van der Waals surface area (Å²) in [5.74, 6) is 0.764. The molecule has 0 bridgehead atoms. The predicted octanol–water partition coefficient (Wildman–Crippen LogP) is 1.50. The summed E-state index contributed by atoms with van der Waals surface area (Å²) in [7, 11) is 0.752. The van der Waals surface area contributed by atoms with E-state index in [9.17, 15) is 8.42 Å². The zero-order valence-electron chi connectivity index (χ0n) is 15.4. The highest BCUT2D eigenvalue weighted by molar-refractivity contribution is 7.88. The van der Waals surface area contributed by atoms with Gasteiger partial charge in [0.15, 0.2) is 5.96 Å². The highest BCUT2D eigenvalue weighted by atomic mass is 35.5. The summed E-state index contributed by atoms with van der Waals surface area (Å²) in [5.41, 5.74) is 1.08.